The summed E-state index contributed by atoms with van der Waals surface area (Å²) in [4.78, 5) is 37.9. The SMILES string of the molecule is COc1ccc(C)cc1NC(=O)CNC(=O)Cn1c2ccccc2c(=O)c2ccccc21. The number of anilines is 1. The van der Waals surface area contributed by atoms with Crippen LogP contribution in [0.4, 0.5) is 5.69 Å². The molecule has 32 heavy (non-hydrogen) atoms. The molecule has 0 radical (unpaired) electrons. The molecule has 4 rings (SSSR count). The molecule has 3 aromatic carbocycles. The number of rotatable bonds is 6. The number of carbonyl (C=O) groups is 2. The highest BCUT2D eigenvalue weighted by Gasteiger charge is 2.14. The molecule has 4 aromatic rings. The first kappa shape index (κ1) is 21.1. The van der Waals surface area contributed by atoms with Gasteiger partial charge in [-0.2, -0.15) is 0 Å². The van der Waals surface area contributed by atoms with Crippen molar-refractivity contribution < 1.29 is 14.3 Å². The van der Waals surface area contributed by atoms with Crippen molar-refractivity contribution in [1.29, 1.82) is 0 Å². The predicted octanol–water partition coefficient (Wildman–Crippen LogP) is 3.23. The molecule has 0 atom stereocenters. The molecule has 1 heterocycles. The van der Waals surface area contributed by atoms with E-state index in [0.717, 1.165) is 5.56 Å². The van der Waals surface area contributed by atoms with Crippen molar-refractivity contribution in [3.63, 3.8) is 0 Å². The number of aryl methyl sites for hydroxylation is 1. The fourth-order valence-corrected chi connectivity index (χ4v) is 3.74. The summed E-state index contributed by atoms with van der Waals surface area (Å²) in [7, 11) is 1.53. The number of nitrogens with zero attached hydrogens (tertiary/aromatic N) is 1. The van der Waals surface area contributed by atoms with Crippen LogP contribution < -0.4 is 20.8 Å². The number of para-hydroxylation sites is 2. The Labute approximate surface area is 184 Å². The Kier molecular flexibility index (Phi) is 5.89. The number of ether oxygens (including phenoxy) is 1. The van der Waals surface area contributed by atoms with Crippen LogP contribution >= 0.6 is 0 Å². The fraction of sp³-hybridized carbons (Fsp3) is 0.160. The van der Waals surface area contributed by atoms with Gasteiger partial charge in [-0.3, -0.25) is 14.4 Å². The number of benzene rings is 3. The quantitative estimate of drug-likeness (QED) is 0.461. The van der Waals surface area contributed by atoms with Gasteiger partial charge >= 0.3 is 0 Å². The Morgan fingerprint density at radius 2 is 1.53 bits per heavy atom. The van der Waals surface area contributed by atoms with Crippen LogP contribution in [0.15, 0.2) is 71.5 Å². The van der Waals surface area contributed by atoms with Crippen LogP contribution in [0.25, 0.3) is 21.8 Å². The van der Waals surface area contributed by atoms with E-state index >= 15 is 0 Å². The molecule has 0 bridgehead atoms. The monoisotopic (exact) mass is 429 g/mol. The lowest BCUT2D eigenvalue weighted by Gasteiger charge is -2.15. The molecule has 162 valence electrons. The summed E-state index contributed by atoms with van der Waals surface area (Å²) >= 11 is 0. The van der Waals surface area contributed by atoms with E-state index in [4.69, 9.17) is 4.74 Å². The van der Waals surface area contributed by atoms with Crippen LogP contribution in [0, 0.1) is 6.92 Å². The highest BCUT2D eigenvalue weighted by molar-refractivity contribution is 5.97. The summed E-state index contributed by atoms with van der Waals surface area (Å²) in [5, 5.41) is 6.51. The van der Waals surface area contributed by atoms with Gasteiger partial charge in [-0.1, -0.05) is 30.3 Å². The molecule has 0 aliphatic carbocycles. The second-order valence-corrected chi connectivity index (χ2v) is 7.48. The summed E-state index contributed by atoms with van der Waals surface area (Å²) in [5.74, 6) is -0.159. The second kappa shape index (κ2) is 8.93. The van der Waals surface area contributed by atoms with Gasteiger partial charge in [0.15, 0.2) is 5.43 Å². The number of pyridine rings is 1. The smallest absolute Gasteiger partial charge is 0.243 e. The number of fused-ring (bicyclic) bond motifs is 2. The molecule has 0 saturated heterocycles. The van der Waals surface area contributed by atoms with E-state index in [1.165, 1.54) is 7.11 Å². The minimum atomic E-state index is -0.364. The molecule has 1 aromatic heterocycles. The van der Waals surface area contributed by atoms with Gasteiger partial charge < -0.3 is 19.9 Å². The lowest BCUT2D eigenvalue weighted by atomic mass is 10.1. The van der Waals surface area contributed by atoms with Gasteiger partial charge in [-0.15, -0.1) is 0 Å². The first-order valence-electron chi connectivity index (χ1n) is 10.2. The summed E-state index contributed by atoms with van der Waals surface area (Å²) in [5.41, 5.74) is 2.78. The van der Waals surface area contributed by atoms with Gasteiger partial charge in [-0.25, -0.2) is 0 Å². The zero-order valence-electron chi connectivity index (χ0n) is 17.8. The number of hydrogen-bond donors (Lipinski definition) is 2. The molecule has 0 aliphatic rings. The first-order chi connectivity index (χ1) is 15.5. The highest BCUT2D eigenvalue weighted by atomic mass is 16.5. The standard InChI is InChI=1S/C25H23N3O4/c1-16-11-12-22(32-2)19(13-16)27-23(29)14-26-24(30)15-28-20-9-5-3-7-17(20)25(31)18-8-4-6-10-21(18)28/h3-13H,14-15H2,1-2H3,(H,26,30)(H,27,29). The molecule has 2 N–H and O–H groups in total. The Morgan fingerprint density at radius 3 is 2.16 bits per heavy atom. The Bertz CT molecular complexity index is 1330. The van der Waals surface area contributed by atoms with Gasteiger partial charge in [0.25, 0.3) is 0 Å². The number of nitrogens with one attached hydrogen (secondary N) is 2. The molecule has 0 spiro atoms. The van der Waals surface area contributed by atoms with Gasteiger partial charge in [-0.05, 0) is 48.9 Å². The second-order valence-electron chi connectivity index (χ2n) is 7.48. The van der Waals surface area contributed by atoms with E-state index in [1.54, 1.807) is 41.0 Å². The zero-order valence-corrected chi connectivity index (χ0v) is 17.8. The maximum absolute atomic E-state index is 12.8. The minimum Gasteiger partial charge on any atom is -0.495 e. The number of aromatic nitrogens is 1. The predicted molar refractivity (Wildman–Crippen MR) is 125 cm³/mol. The third kappa shape index (κ3) is 4.18. The van der Waals surface area contributed by atoms with Crippen LogP contribution in [-0.2, 0) is 16.1 Å². The van der Waals surface area contributed by atoms with Crippen molar-refractivity contribution in [2.45, 2.75) is 13.5 Å². The van der Waals surface area contributed by atoms with E-state index in [9.17, 15) is 14.4 Å². The van der Waals surface area contributed by atoms with Gasteiger partial charge in [0.2, 0.25) is 11.8 Å². The summed E-state index contributed by atoms with van der Waals surface area (Å²) in [6.07, 6.45) is 0. The van der Waals surface area contributed by atoms with Gasteiger partial charge in [0.05, 0.1) is 30.4 Å². The van der Waals surface area contributed by atoms with E-state index in [-0.39, 0.29) is 30.3 Å². The van der Waals surface area contributed by atoms with Crippen molar-refractivity contribution >= 4 is 39.3 Å². The first-order valence-corrected chi connectivity index (χ1v) is 10.2. The molecule has 0 saturated carbocycles. The molecular weight excluding hydrogens is 406 g/mol. The van der Waals surface area contributed by atoms with Crippen molar-refractivity contribution in [3.8, 4) is 5.75 Å². The van der Waals surface area contributed by atoms with E-state index in [2.05, 4.69) is 10.6 Å². The van der Waals surface area contributed by atoms with Crippen LogP contribution in [0.2, 0.25) is 0 Å². The van der Waals surface area contributed by atoms with Crippen molar-refractivity contribution in [2.75, 3.05) is 19.0 Å². The lowest BCUT2D eigenvalue weighted by Crippen LogP contribution is -2.35. The van der Waals surface area contributed by atoms with Gasteiger partial charge in [0, 0.05) is 10.8 Å². The fourth-order valence-electron chi connectivity index (χ4n) is 3.74. The third-order valence-corrected chi connectivity index (χ3v) is 5.26. The lowest BCUT2D eigenvalue weighted by molar-refractivity contribution is -0.124. The van der Waals surface area contributed by atoms with Crippen molar-refractivity contribution in [1.82, 2.24) is 9.88 Å². The zero-order chi connectivity index (χ0) is 22.7. The normalized spacial score (nSPS) is 10.8. The van der Waals surface area contributed by atoms with E-state index in [0.29, 0.717) is 33.2 Å². The topological polar surface area (TPSA) is 89.4 Å². The van der Waals surface area contributed by atoms with Crippen LogP contribution in [0.5, 0.6) is 5.75 Å². The number of amides is 2. The number of methoxy groups -OCH3 is 1. The maximum atomic E-state index is 12.8. The maximum Gasteiger partial charge on any atom is 0.243 e. The molecule has 7 heteroatoms. The Morgan fingerprint density at radius 1 is 0.906 bits per heavy atom. The molecular formula is C25H23N3O4. The molecule has 0 unspecified atom stereocenters. The van der Waals surface area contributed by atoms with Crippen LogP contribution in [0.3, 0.4) is 0 Å². The van der Waals surface area contributed by atoms with Crippen molar-refractivity contribution in [2.24, 2.45) is 0 Å². The summed E-state index contributed by atoms with van der Waals surface area (Å²) in [6.45, 7) is 1.70. The molecule has 7 nitrogen and oxygen atoms in total. The number of carbonyl (C=O) groups excluding carboxylic acids is 2. The summed E-state index contributed by atoms with van der Waals surface area (Å²) < 4.78 is 7.06. The molecule has 2 amide bonds. The van der Waals surface area contributed by atoms with Crippen molar-refractivity contribution in [3.05, 3.63) is 82.5 Å². The Balaban J connectivity index is 1.52. The molecule has 0 fully saturated rings. The largest absolute Gasteiger partial charge is 0.495 e. The third-order valence-electron chi connectivity index (χ3n) is 5.26. The average Bonchev–Trinajstić information content (AvgIpc) is 2.80. The van der Waals surface area contributed by atoms with Crippen LogP contribution in [-0.4, -0.2) is 30.0 Å². The highest BCUT2D eigenvalue weighted by Crippen LogP contribution is 2.25. The number of hydrogen-bond acceptors (Lipinski definition) is 4. The van der Waals surface area contributed by atoms with E-state index < -0.39 is 0 Å². The average molecular weight is 429 g/mol. The van der Waals surface area contributed by atoms with Crippen LogP contribution in [0.1, 0.15) is 5.56 Å². The minimum absolute atomic E-state index is 0.0254. The van der Waals surface area contributed by atoms with E-state index in [1.807, 2.05) is 37.3 Å². The van der Waals surface area contributed by atoms with Gasteiger partial charge in [0.1, 0.15) is 12.3 Å². The summed E-state index contributed by atoms with van der Waals surface area (Å²) in [6, 6.07) is 19.8. The Hall–Kier alpha value is -4.13. The molecule has 0 aliphatic heterocycles.